The first-order valence-corrected chi connectivity index (χ1v) is 6.44. The number of nitrogens with two attached hydrogens (primary N) is 1. The smallest absolute Gasteiger partial charge is 0.231 e. The van der Waals surface area contributed by atoms with Crippen LogP contribution in [0.5, 0.6) is 11.5 Å². The quantitative estimate of drug-likeness (QED) is 0.854. The Kier molecular flexibility index (Phi) is 3.35. The van der Waals surface area contributed by atoms with Gasteiger partial charge in [-0.05, 0) is 17.7 Å². The van der Waals surface area contributed by atoms with Crippen LogP contribution in [-0.2, 0) is 6.54 Å². The average molecular weight is 288 g/mol. The van der Waals surface area contributed by atoms with Crippen molar-refractivity contribution in [2.75, 3.05) is 36.8 Å². The number of benzene rings is 1. The van der Waals surface area contributed by atoms with Crippen molar-refractivity contribution in [3.05, 3.63) is 23.8 Å². The van der Waals surface area contributed by atoms with Crippen LogP contribution in [0.15, 0.2) is 18.2 Å². The molecule has 0 fully saturated rings. The van der Waals surface area contributed by atoms with Gasteiger partial charge in [-0.3, -0.25) is 0 Å². The van der Waals surface area contributed by atoms with Crippen molar-refractivity contribution in [3.63, 3.8) is 0 Å². The van der Waals surface area contributed by atoms with E-state index in [-0.39, 0.29) is 12.7 Å². The number of aromatic nitrogens is 3. The van der Waals surface area contributed by atoms with Gasteiger partial charge in [-0.2, -0.15) is 15.0 Å². The van der Waals surface area contributed by atoms with Crippen molar-refractivity contribution < 1.29 is 9.47 Å². The summed E-state index contributed by atoms with van der Waals surface area (Å²) in [7, 11) is 3.62. The maximum atomic E-state index is 5.67. The minimum absolute atomic E-state index is 0.182. The molecule has 0 bridgehead atoms. The fourth-order valence-electron chi connectivity index (χ4n) is 2.05. The molecule has 2 heterocycles. The third-order valence-corrected chi connectivity index (χ3v) is 3.06. The molecular formula is C13H16N6O2. The van der Waals surface area contributed by atoms with Crippen LogP contribution < -0.4 is 25.4 Å². The minimum atomic E-state index is 0.182. The lowest BCUT2D eigenvalue weighted by molar-refractivity contribution is 0.174. The van der Waals surface area contributed by atoms with Gasteiger partial charge in [0.1, 0.15) is 0 Å². The molecular weight excluding hydrogens is 272 g/mol. The molecule has 0 radical (unpaired) electrons. The summed E-state index contributed by atoms with van der Waals surface area (Å²) >= 11 is 0. The van der Waals surface area contributed by atoms with Gasteiger partial charge in [-0.25, -0.2) is 0 Å². The third-order valence-electron chi connectivity index (χ3n) is 3.06. The second kappa shape index (κ2) is 5.31. The summed E-state index contributed by atoms with van der Waals surface area (Å²) in [6.07, 6.45) is 0. The topological polar surface area (TPSA) is 98.4 Å². The van der Waals surface area contributed by atoms with Crippen LogP contribution in [0.4, 0.5) is 17.8 Å². The zero-order valence-corrected chi connectivity index (χ0v) is 11.8. The first kappa shape index (κ1) is 13.2. The van der Waals surface area contributed by atoms with Crippen molar-refractivity contribution in [3.8, 4) is 11.5 Å². The van der Waals surface area contributed by atoms with Gasteiger partial charge in [0.2, 0.25) is 24.6 Å². The number of nitrogens with one attached hydrogen (secondary N) is 1. The summed E-state index contributed by atoms with van der Waals surface area (Å²) in [6, 6.07) is 5.82. The molecule has 0 atom stereocenters. The zero-order chi connectivity index (χ0) is 14.8. The largest absolute Gasteiger partial charge is 0.454 e. The Morgan fingerprint density at radius 1 is 1.24 bits per heavy atom. The maximum absolute atomic E-state index is 5.67. The molecule has 1 aromatic heterocycles. The summed E-state index contributed by atoms with van der Waals surface area (Å²) in [6.45, 7) is 0.882. The number of rotatable bonds is 4. The second-order valence-electron chi connectivity index (χ2n) is 4.61. The van der Waals surface area contributed by atoms with Gasteiger partial charge in [0, 0.05) is 20.6 Å². The monoisotopic (exact) mass is 288 g/mol. The van der Waals surface area contributed by atoms with E-state index in [4.69, 9.17) is 15.2 Å². The Hall–Kier alpha value is -2.77. The molecule has 2 aromatic rings. The molecule has 0 spiro atoms. The van der Waals surface area contributed by atoms with E-state index in [2.05, 4.69) is 20.3 Å². The third kappa shape index (κ3) is 2.73. The number of nitrogen functional groups attached to an aromatic ring is 1. The van der Waals surface area contributed by atoms with Gasteiger partial charge in [0.25, 0.3) is 0 Å². The molecule has 21 heavy (non-hydrogen) atoms. The predicted molar refractivity (Wildman–Crippen MR) is 78.5 cm³/mol. The van der Waals surface area contributed by atoms with E-state index >= 15 is 0 Å². The van der Waals surface area contributed by atoms with Crippen LogP contribution in [0.3, 0.4) is 0 Å². The van der Waals surface area contributed by atoms with Crippen LogP contribution >= 0.6 is 0 Å². The fourth-order valence-corrected chi connectivity index (χ4v) is 2.05. The van der Waals surface area contributed by atoms with Gasteiger partial charge >= 0.3 is 0 Å². The summed E-state index contributed by atoms with van der Waals surface area (Å²) in [5, 5.41) is 2.86. The summed E-state index contributed by atoms with van der Waals surface area (Å²) in [5.41, 5.74) is 6.74. The van der Waals surface area contributed by atoms with Crippen molar-refractivity contribution in [2.24, 2.45) is 0 Å². The average Bonchev–Trinajstić information content (AvgIpc) is 2.94. The number of ether oxygens (including phenoxy) is 2. The molecule has 0 amide bonds. The van der Waals surface area contributed by atoms with E-state index in [1.807, 2.05) is 30.1 Å². The highest BCUT2D eigenvalue weighted by molar-refractivity contribution is 5.46. The highest BCUT2D eigenvalue weighted by atomic mass is 16.7. The Morgan fingerprint density at radius 2 is 2.05 bits per heavy atom. The first-order chi connectivity index (χ1) is 10.2. The molecule has 8 nitrogen and oxygen atoms in total. The molecule has 1 aliphatic heterocycles. The number of anilines is 3. The van der Waals surface area contributed by atoms with E-state index < -0.39 is 0 Å². The second-order valence-corrected chi connectivity index (χ2v) is 4.61. The van der Waals surface area contributed by atoms with Crippen LogP contribution in [0, 0.1) is 0 Å². The van der Waals surface area contributed by atoms with Crippen molar-refractivity contribution in [1.82, 2.24) is 15.0 Å². The molecule has 3 N–H and O–H groups in total. The highest BCUT2D eigenvalue weighted by Gasteiger charge is 2.15. The number of fused-ring (bicyclic) bond motifs is 1. The van der Waals surface area contributed by atoms with Crippen molar-refractivity contribution in [2.45, 2.75) is 6.54 Å². The molecule has 8 heteroatoms. The highest BCUT2D eigenvalue weighted by Crippen LogP contribution is 2.32. The van der Waals surface area contributed by atoms with Crippen molar-refractivity contribution >= 4 is 17.8 Å². The van der Waals surface area contributed by atoms with E-state index in [0.29, 0.717) is 18.4 Å². The van der Waals surface area contributed by atoms with Crippen molar-refractivity contribution in [1.29, 1.82) is 0 Å². The summed E-state index contributed by atoms with van der Waals surface area (Å²) in [4.78, 5) is 14.3. The number of hydrogen-bond acceptors (Lipinski definition) is 8. The molecule has 110 valence electrons. The van der Waals surface area contributed by atoms with Gasteiger partial charge in [0.15, 0.2) is 11.5 Å². The van der Waals surface area contributed by atoms with Crippen LogP contribution in [0.2, 0.25) is 0 Å². The molecule has 0 saturated heterocycles. The molecule has 1 aliphatic rings. The molecule has 0 unspecified atom stereocenters. The van der Waals surface area contributed by atoms with E-state index in [1.54, 1.807) is 7.05 Å². The van der Waals surface area contributed by atoms with Gasteiger partial charge < -0.3 is 25.4 Å². The van der Waals surface area contributed by atoms with E-state index in [0.717, 1.165) is 17.1 Å². The predicted octanol–water partition coefficient (Wildman–Crippen LogP) is 0.861. The summed E-state index contributed by atoms with van der Waals surface area (Å²) in [5.74, 6) is 2.65. The Morgan fingerprint density at radius 3 is 2.86 bits per heavy atom. The SMILES string of the molecule is CNc1nc(N)nc(N(C)Cc2ccc3c(c2)OCO3)n1. The van der Waals surface area contributed by atoms with Crippen LogP contribution in [0.25, 0.3) is 0 Å². The summed E-state index contributed by atoms with van der Waals surface area (Å²) < 4.78 is 10.7. The molecule has 0 aliphatic carbocycles. The van der Waals surface area contributed by atoms with E-state index in [1.165, 1.54) is 0 Å². The Balaban J connectivity index is 1.79. The van der Waals surface area contributed by atoms with E-state index in [9.17, 15) is 0 Å². The van der Waals surface area contributed by atoms with Crippen LogP contribution in [0.1, 0.15) is 5.56 Å². The molecule has 0 saturated carbocycles. The maximum Gasteiger partial charge on any atom is 0.231 e. The molecule has 1 aromatic carbocycles. The van der Waals surface area contributed by atoms with Gasteiger partial charge in [-0.15, -0.1) is 0 Å². The standard InChI is InChI=1S/C13H16N6O2/c1-15-12-16-11(14)17-13(18-12)19(2)6-8-3-4-9-10(5-8)21-7-20-9/h3-5H,6-7H2,1-2H3,(H3,14,15,16,17,18). The normalized spacial score (nSPS) is 12.3. The number of hydrogen-bond donors (Lipinski definition) is 2. The lowest BCUT2D eigenvalue weighted by atomic mass is 10.2. The van der Waals surface area contributed by atoms with Gasteiger partial charge in [-0.1, -0.05) is 6.07 Å². The molecule has 3 rings (SSSR count). The minimum Gasteiger partial charge on any atom is -0.454 e. The Bertz CT molecular complexity index is 663. The lowest BCUT2D eigenvalue weighted by Gasteiger charge is -2.17. The first-order valence-electron chi connectivity index (χ1n) is 6.44. The zero-order valence-electron chi connectivity index (χ0n) is 11.8. The fraction of sp³-hybridized carbons (Fsp3) is 0.308. The number of nitrogens with zero attached hydrogens (tertiary/aromatic N) is 4. The Labute approximate surface area is 121 Å². The lowest BCUT2D eigenvalue weighted by Crippen LogP contribution is -2.20. The van der Waals surface area contributed by atoms with Crippen LogP contribution in [-0.4, -0.2) is 35.8 Å². The van der Waals surface area contributed by atoms with Gasteiger partial charge in [0.05, 0.1) is 0 Å².